The zero-order valence-corrected chi connectivity index (χ0v) is 9.59. The van der Waals surface area contributed by atoms with Crippen LogP contribution in [0.2, 0.25) is 0 Å². The summed E-state index contributed by atoms with van der Waals surface area (Å²) in [6, 6.07) is 5.95. The third-order valence-electron chi connectivity index (χ3n) is 2.48. The molecule has 0 aliphatic heterocycles. The molecule has 1 rings (SSSR count). The van der Waals surface area contributed by atoms with Gasteiger partial charge in [-0.25, -0.2) is 0 Å². The summed E-state index contributed by atoms with van der Waals surface area (Å²) >= 11 is 0. The first-order valence-corrected chi connectivity index (χ1v) is 5.27. The fourth-order valence-electron chi connectivity index (χ4n) is 1.29. The van der Waals surface area contributed by atoms with Crippen LogP contribution in [0, 0.1) is 5.92 Å². The summed E-state index contributed by atoms with van der Waals surface area (Å²) in [7, 11) is 0. The fourth-order valence-corrected chi connectivity index (χ4v) is 1.29. The molecule has 0 saturated heterocycles. The standard InChI is InChI=1S/C11H18N4O/c1-8(11(12)15-16)7-14-9(2)10-5-3-4-6-13-10/h3-6,8-9,14,16H,7H2,1-2H3,(H2,12,15)/t8?,9-/m1/s1. The maximum Gasteiger partial charge on any atom is 0.143 e. The van der Waals surface area contributed by atoms with E-state index in [0.717, 1.165) is 5.69 Å². The number of rotatable bonds is 5. The molecular formula is C11H18N4O. The summed E-state index contributed by atoms with van der Waals surface area (Å²) in [5.74, 6) is 0.233. The predicted molar refractivity (Wildman–Crippen MR) is 63.2 cm³/mol. The number of aromatic nitrogens is 1. The second-order valence-corrected chi connectivity index (χ2v) is 3.81. The van der Waals surface area contributed by atoms with Gasteiger partial charge in [0.15, 0.2) is 0 Å². The Labute approximate surface area is 95.4 Å². The Bertz CT molecular complexity index is 339. The maximum absolute atomic E-state index is 8.51. The van der Waals surface area contributed by atoms with Gasteiger partial charge in [0.1, 0.15) is 5.84 Å². The Morgan fingerprint density at radius 3 is 2.88 bits per heavy atom. The molecule has 0 fully saturated rings. The van der Waals surface area contributed by atoms with Crippen molar-refractivity contribution in [3.63, 3.8) is 0 Å². The van der Waals surface area contributed by atoms with E-state index in [0.29, 0.717) is 6.54 Å². The van der Waals surface area contributed by atoms with Gasteiger partial charge in [-0.2, -0.15) is 0 Å². The number of pyridine rings is 1. The molecule has 2 atom stereocenters. The molecule has 5 nitrogen and oxygen atoms in total. The molecule has 1 unspecified atom stereocenters. The fraction of sp³-hybridized carbons (Fsp3) is 0.455. The summed E-state index contributed by atoms with van der Waals surface area (Å²) < 4.78 is 0. The van der Waals surface area contributed by atoms with Crippen LogP contribution in [0.3, 0.4) is 0 Å². The van der Waals surface area contributed by atoms with Crippen LogP contribution in [0.25, 0.3) is 0 Å². The number of oxime groups is 1. The first-order chi connectivity index (χ1) is 7.65. The third kappa shape index (κ3) is 3.51. The van der Waals surface area contributed by atoms with E-state index in [1.165, 1.54) is 0 Å². The molecule has 0 spiro atoms. The number of amidine groups is 1. The number of nitrogens with two attached hydrogens (primary N) is 1. The van der Waals surface area contributed by atoms with Crippen molar-refractivity contribution in [2.45, 2.75) is 19.9 Å². The number of hydrogen-bond donors (Lipinski definition) is 3. The first-order valence-electron chi connectivity index (χ1n) is 5.27. The molecule has 0 amide bonds. The van der Waals surface area contributed by atoms with E-state index in [1.54, 1.807) is 6.20 Å². The number of nitrogens with one attached hydrogen (secondary N) is 1. The first kappa shape index (κ1) is 12.4. The zero-order chi connectivity index (χ0) is 12.0. The minimum atomic E-state index is -0.00355. The Kier molecular flexibility index (Phi) is 4.72. The van der Waals surface area contributed by atoms with E-state index in [4.69, 9.17) is 10.9 Å². The van der Waals surface area contributed by atoms with Crippen molar-refractivity contribution in [2.24, 2.45) is 16.8 Å². The lowest BCUT2D eigenvalue weighted by Crippen LogP contribution is -2.32. The average molecular weight is 222 g/mol. The number of hydrogen-bond acceptors (Lipinski definition) is 4. The predicted octanol–water partition coefficient (Wildman–Crippen LogP) is 1.11. The zero-order valence-electron chi connectivity index (χ0n) is 9.59. The molecular weight excluding hydrogens is 204 g/mol. The van der Waals surface area contributed by atoms with Gasteiger partial charge in [0.05, 0.1) is 5.69 Å². The third-order valence-corrected chi connectivity index (χ3v) is 2.48. The molecule has 0 radical (unpaired) electrons. The Morgan fingerprint density at radius 2 is 2.31 bits per heavy atom. The van der Waals surface area contributed by atoms with E-state index < -0.39 is 0 Å². The van der Waals surface area contributed by atoms with Crippen molar-refractivity contribution in [1.82, 2.24) is 10.3 Å². The van der Waals surface area contributed by atoms with Crippen molar-refractivity contribution in [3.05, 3.63) is 30.1 Å². The molecule has 5 heteroatoms. The van der Waals surface area contributed by atoms with Gasteiger partial charge in [0, 0.05) is 24.7 Å². The monoisotopic (exact) mass is 222 g/mol. The topological polar surface area (TPSA) is 83.5 Å². The van der Waals surface area contributed by atoms with Gasteiger partial charge < -0.3 is 16.3 Å². The molecule has 0 aliphatic rings. The smallest absolute Gasteiger partial charge is 0.143 e. The molecule has 1 aromatic heterocycles. The summed E-state index contributed by atoms with van der Waals surface area (Å²) in [5, 5.41) is 14.8. The minimum Gasteiger partial charge on any atom is -0.409 e. The highest BCUT2D eigenvalue weighted by atomic mass is 16.4. The Morgan fingerprint density at radius 1 is 1.56 bits per heavy atom. The SMILES string of the molecule is CC(CN[C@H](C)c1ccccn1)/C(N)=N/O. The highest BCUT2D eigenvalue weighted by Crippen LogP contribution is 2.08. The molecule has 0 bridgehead atoms. The van der Waals surface area contributed by atoms with E-state index in [2.05, 4.69) is 15.5 Å². The van der Waals surface area contributed by atoms with E-state index in [9.17, 15) is 0 Å². The summed E-state index contributed by atoms with van der Waals surface area (Å²) in [6.07, 6.45) is 1.76. The van der Waals surface area contributed by atoms with E-state index in [1.807, 2.05) is 32.0 Å². The van der Waals surface area contributed by atoms with Crippen LogP contribution in [-0.2, 0) is 0 Å². The van der Waals surface area contributed by atoms with Gasteiger partial charge in [0.25, 0.3) is 0 Å². The van der Waals surface area contributed by atoms with Crippen LogP contribution in [-0.4, -0.2) is 22.6 Å². The Balaban J connectivity index is 2.45. The van der Waals surface area contributed by atoms with E-state index in [-0.39, 0.29) is 17.8 Å². The Hall–Kier alpha value is -1.62. The molecule has 1 heterocycles. The van der Waals surface area contributed by atoms with Crippen molar-refractivity contribution < 1.29 is 5.21 Å². The quantitative estimate of drug-likeness (QED) is 0.301. The molecule has 16 heavy (non-hydrogen) atoms. The van der Waals surface area contributed by atoms with Crippen LogP contribution >= 0.6 is 0 Å². The van der Waals surface area contributed by atoms with Gasteiger partial charge in [-0.3, -0.25) is 4.98 Å². The molecule has 4 N–H and O–H groups in total. The van der Waals surface area contributed by atoms with Crippen molar-refractivity contribution in [3.8, 4) is 0 Å². The lowest BCUT2D eigenvalue weighted by molar-refractivity contribution is 0.313. The highest BCUT2D eigenvalue weighted by Gasteiger charge is 2.10. The maximum atomic E-state index is 8.51. The van der Waals surface area contributed by atoms with Crippen LogP contribution in [0.4, 0.5) is 0 Å². The van der Waals surface area contributed by atoms with Gasteiger partial charge >= 0.3 is 0 Å². The largest absolute Gasteiger partial charge is 0.409 e. The van der Waals surface area contributed by atoms with Crippen LogP contribution in [0.5, 0.6) is 0 Å². The second-order valence-electron chi connectivity index (χ2n) is 3.81. The summed E-state index contributed by atoms with van der Waals surface area (Å²) in [4.78, 5) is 4.25. The second kappa shape index (κ2) is 6.07. The summed E-state index contributed by atoms with van der Waals surface area (Å²) in [6.45, 7) is 4.57. The van der Waals surface area contributed by atoms with Crippen molar-refractivity contribution in [1.29, 1.82) is 0 Å². The average Bonchev–Trinajstić information content (AvgIpc) is 2.35. The van der Waals surface area contributed by atoms with Gasteiger partial charge in [-0.15, -0.1) is 0 Å². The van der Waals surface area contributed by atoms with Crippen molar-refractivity contribution in [2.75, 3.05) is 6.54 Å². The lowest BCUT2D eigenvalue weighted by atomic mass is 10.1. The molecule has 0 aliphatic carbocycles. The summed E-state index contributed by atoms with van der Waals surface area (Å²) in [5.41, 5.74) is 6.47. The van der Waals surface area contributed by atoms with Gasteiger partial charge in [-0.1, -0.05) is 18.1 Å². The number of nitrogens with zero attached hydrogens (tertiary/aromatic N) is 2. The van der Waals surface area contributed by atoms with Gasteiger partial charge in [-0.05, 0) is 19.1 Å². The molecule has 1 aromatic rings. The lowest BCUT2D eigenvalue weighted by Gasteiger charge is -2.16. The van der Waals surface area contributed by atoms with E-state index >= 15 is 0 Å². The van der Waals surface area contributed by atoms with Gasteiger partial charge in [0.2, 0.25) is 0 Å². The highest BCUT2D eigenvalue weighted by molar-refractivity contribution is 5.82. The molecule has 88 valence electrons. The molecule has 0 aromatic carbocycles. The van der Waals surface area contributed by atoms with Crippen LogP contribution < -0.4 is 11.1 Å². The minimum absolute atomic E-state index is 0.00355. The normalized spacial score (nSPS) is 15.8. The van der Waals surface area contributed by atoms with Crippen LogP contribution in [0.1, 0.15) is 25.6 Å². The van der Waals surface area contributed by atoms with Crippen molar-refractivity contribution >= 4 is 5.84 Å². The van der Waals surface area contributed by atoms with Crippen LogP contribution in [0.15, 0.2) is 29.6 Å². The molecule has 0 saturated carbocycles.